The van der Waals surface area contributed by atoms with E-state index >= 15 is 0 Å². The number of H-pyrrole nitrogens is 1. The number of methoxy groups -OCH3 is 1. The van der Waals surface area contributed by atoms with E-state index < -0.39 is 16.8 Å². The number of nitro groups is 1. The molecule has 0 unspecified atom stereocenters. The first kappa shape index (κ1) is 16.1. The lowest BCUT2D eigenvalue weighted by Gasteiger charge is -2.01. The second-order valence-electron chi connectivity index (χ2n) is 5.07. The van der Waals surface area contributed by atoms with Crippen LogP contribution in [0.2, 0.25) is 0 Å². The predicted octanol–water partition coefficient (Wildman–Crippen LogP) is 2.51. The molecule has 0 radical (unpaired) electrons. The number of nitro benzene ring substituents is 1. The van der Waals surface area contributed by atoms with Gasteiger partial charge in [0.25, 0.3) is 11.6 Å². The molecule has 9 heteroatoms. The topological polar surface area (TPSA) is 127 Å². The fourth-order valence-electron chi connectivity index (χ4n) is 2.25. The van der Waals surface area contributed by atoms with Crippen molar-refractivity contribution in [3.05, 3.63) is 63.7 Å². The molecule has 0 aliphatic heterocycles. The van der Waals surface area contributed by atoms with Crippen molar-refractivity contribution in [3.8, 4) is 0 Å². The summed E-state index contributed by atoms with van der Waals surface area (Å²) in [7, 11) is 1.28. The Bertz CT molecular complexity index is 995. The maximum atomic E-state index is 12.2. The molecule has 0 fully saturated rings. The van der Waals surface area contributed by atoms with Gasteiger partial charge in [0.15, 0.2) is 0 Å². The van der Waals surface area contributed by atoms with Crippen molar-refractivity contribution in [2.24, 2.45) is 0 Å². The maximum Gasteiger partial charge on any atom is 0.337 e. The normalized spacial score (nSPS) is 10.4. The minimum Gasteiger partial charge on any atom is -0.465 e. The molecule has 3 rings (SSSR count). The first-order valence-corrected chi connectivity index (χ1v) is 7.12. The Morgan fingerprint density at radius 3 is 2.72 bits per heavy atom. The third-order valence-electron chi connectivity index (χ3n) is 3.45. The number of imidazole rings is 1. The van der Waals surface area contributed by atoms with E-state index in [-0.39, 0.29) is 17.2 Å². The Balaban J connectivity index is 1.85. The van der Waals surface area contributed by atoms with Crippen molar-refractivity contribution in [2.75, 3.05) is 12.4 Å². The van der Waals surface area contributed by atoms with Crippen LogP contribution in [0.5, 0.6) is 0 Å². The van der Waals surface area contributed by atoms with Gasteiger partial charge in [0.2, 0.25) is 5.95 Å². The first-order chi connectivity index (χ1) is 12.0. The third kappa shape index (κ3) is 3.29. The lowest BCUT2D eigenvalue weighted by atomic mass is 10.2. The number of ether oxygens (including phenoxy) is 1. The van der Waals surface area contributed by atoms with Crippen molar-refractivity contribution in [2.45, 2.75) is 0 Å². The summed E-state index contributed by atoms with van der Waals surface area (Å²) >= 11 is 0. The Morgan fingerprint density at radius 1 is 1.20 bits per heavy atom. The number of anilines is 1. The van der Waals surface area contributed by atoms with Crippen LogP contribution in [0.3, 0.4) is 0 Å². The molecule has 1 heterocycles. The van der Waals surface area contributed by atoms with E-state index in [4.69, 9.17) is 0 Å². The average molecular weight is 340 g/mol. The number of nitrogens with zero attached hydrogens (tertiary/aromatic N) is 2. The molecular formula is C16H12N4O5. The van der Waals surface area contributed by atoms with Crippen LogP contribution in [0.15, 0.2) is 42.5 Å². The fourth-order valence-corrected chi connectivity index (χ4v) is 2.25. The number of nitrogens with one attached hydrogen (secondary N) is 2. The van der Waals surface area contributed by atoms with E-state index in [0.29, 0.717) is 16.6 Å². The molecular weight excluding hydrogens is 328 g/mol. The summed E-state index contributed by atoms with van der Waals surface area (Å²) in [6.45, 7) is 0. The Morgan fingerprint density at radius 2 is 2.00 bits per heavy atom. The molecule has 0 saturated heterocycles. The van der Waals surface area contributed by atoms with Gasteiger partial charge >= 0.3 is 5.97 Å². The summed E-state index contributed by atoms with van der Waals surface area (Å²) in [5.74, 6) is -0.872. The van der Waals surface area contributed by atoms with Crippen LogP contribution in [0, 0.1) is 10.1 Å². The SMILES string of the molecule is COC(=O)c1ccc2nc(NC(=O)c3cccc([N+](=O)[O-])c3)[nH]c2c1. The number of hydrogen-bond donors (Lipinski definition) is 2. The molecule has 0 aliphatic rings. The molecule has 0 aliphatic carbocycles. The van der Waals surface area contributed by atoms with Gasteiger partial charge in [-0.3, -0.25) is 20.2 Å². The van der Waals surface area contributed by atoms with Crippen LogP contribution < -0.4 is 5.32 Å². The summed E-state index contributed by atoms with van der Waals surface area (Å²) in [4.78, 5) is 41.0. The number of benzene rings is 2. The van der Waals surface area contributed by atoms with E-state index in [1.165, 1.54) is 31.4 Å². The highest BCUT2D eigenvalue weighted by Crippen LogP contribution is 2.18. The summed E-state index contributed by atoms with van der Waals surface area (Å²) in [5, 5.41) is 13.3. The summed E-state index contributed by atoms with van der Waals surface area (Å²) < 4.78 is 4.65. The predicted molar refractivity (Wildman–Crippen MR) is 88.5 cm³/mol. The molecule has 1 aromatic heterocycles. The van der Waals surface area contributed by atoms with Gasteiger partial charge in [0.1, 0.15) is 0 Å². The Hall–Kier alpha value is -3.75. The maximum absolute atomic E-state index is 12.2. The lowest BCUT2D eigenvalue weighted by Crippen LogP contribution is -2.13. The molecule has 0 atom stereocenters. The van der Waals surface area contributed by atoms with E-state index in [0.717, 1.165) is 0 Å². The smallest absolute Gasteiger partial charge is 0.337 e. The second-order valence-corrected chi connectivity index (χ2v) is 5.07. The standard InChI is InChI=1S/C16H12N4O5/c1-25-15(22)10-5-6-12-13(8-10)18-16(17-12)19-14(21)9-3-2-4-11(7-9)20(23)24/h2-8H,1H3,(H2,17,18,19,21). The Kier molecular flexibility index (Phi) is 4.12. The Labute approximate surface area is 140 Å². The van der Waals surface area contributed by atoms with Crippen molar-refractivity contribution in [1.29, 1.82) is 0 Å². The van der Waals surface area contributed by atoms with Crippen LogP contribution >= 0.6 is 0 Å². The highest BCUT2D eigenvalue weighted by molar-refractivity contribution is 6.04. The zero-order valence-corrected chi connectivity index (χ0v) is 13.0. The van der Waals surface area contributed by atoms with Crippen molar-refractivity contribution >= 4 is 34.5 Å². The van der Waals surface area contributed by atoms with Gasteiger partial charge in [0.05, 0.1) is 28.6 Å². The molecule has 0 bridgehead atoms. The zero-order chi connectivity index (χ0) is 18.0. The number of carbonyl (C=O) groups is 2. The molecule has 0 spiro atoms. The molecule has 2 aromatic carbocycles. The summed E-state index contributed by atoms with van der Waals surface area (Å²) in [6.07, 6.45) is 0. The van der Waals surface area contributed by atoms with E-state index in [1.54, 1.807) is 18.2 Å². The van der Waals surface area contributed by atoms with Crippen LogP contribution in [0.1, 0.15) is 20.7 Å². The summed E-state index contributed by atoms with van der Waals surface area (Å²) in [6, 6.07) is 10.1. The molecule has 9 nitrogen and oxygen atoms in total. The quantitative estimate of drug-likeness (QED) is 0.427. The first-order valence-electron chi connectivity index (χ1n) is 7.12. The highest BCUT2D eigenvalue weighted by atomic mass is 16.6. The number of carbonyl (C=O) groups excluding carboxylic acids is 2. The number of esters is 1. The van der Waals surface area contributed by atoms with Gasteiger partial charge in [-0.25, -0.2) is 9.78 Å². The van der Waals surface area contributed by atoms with E-state index in [2.05, 4.69) is 20.0 Å². The monoisotopic (exact) mass is 340 g/mol. The summed E-state index contributed by atoms with van der Waals surface area (Å²) in [5.41, 5.74) is 1.37. The van der Waals surface area contributed by atoms with Gasteiger partial charge in [-0.15, -0.1) is 0 Å². The average Bonchev–Trinajstić information content (AvgIpc) is 3.02. The molecule has 3 aromatic rings. The molecule has 126 valence electrons. The van der Waals surface area contributed by atoms with E-state index in [1.807, 2.05) is 0 Å². The highest BCUT2D eigenvalue weighted by Gasteiger charge is 2.14. The molecule has 2 N–H and O–H groups in total. The number of fused-ring (bicyclic) bond motifs is 1. The van der Waals surface area contributed by atoms with Crippen LogP contribution in [0.4, 0.5) is 11.6 Å². The molecule has 0 saturated carbocycles. The van der Waals surface area contributed by atoms with Gasteiger partial charge in [-0.2, -0.15) is 0 Å². The van der Waals surface area contributed by atoms with Crippen molar-refractivity contribution in [3.63, 3.8) is 0 Å². The van der Waals surface area contributed by atoms with Crippen LogP contribution in [-0.2, 0) is 4.74 Å². The lowest BCUT2D eigenvalue weighted by molar-refractivity contribution is -0.384. The number of non-ortho nitro benzene ring substituents is 1. The zero-order valence-electron chi connectivity index (χ0n) is 13.0. The van der Waals surface area contributed by atoms with E-state index in [9.17, 15) is 19.7 Å². The fraction of sp³-hybridized carbons (Fsp3) is 0.0625. The number of aromatic amines is 1. The number of aromatic nitrogens is 2. The number of hydrogen-bond acceptors (Lipinski definition) is 6. The van der Waals surface area contributed by atoms with Crippen LogP contribution in [0.25, 0.3) is 11.0 Å². The molecule has 25 heavy (non-hydrogen) atoms. The van der Waals surface area contributed by atoms with Gasteiger partial charge in [-0.05, 0) is 24.3 Å². The minimum atomic E-state index is -0.577. The third-order valence-corrected chi connectivity index (χ3v) is 3.45. The number of amides is 1. The van der Waals surface area contributed by atoms with Crippen molar-refractivity contribution in [1.82, 2.24) is 9.97 Å². The van der Waals surface area contributed by atoms with Gasteiger partial charge < -0.3 is 9.72 Å². The van der Waals surface area contributed by atoms with Gasteiger partial charge in [-0.1, -0.05) is 6.07 Å². The second kappa shape index (κ2) is 6.40. The molecule has 1 amide bonds. The van der Waals surface area contributed by atoms with Crippen LogP contribution in [-0.4, -0.2) is 33.9 Å². The van der Waals surface area contributed by atoms with Crippen molar-refractivity contribution < 1.29 is 19.2 Å². The number of rotatable bonds is 4. The van der Waals surface area contributed by atoms with Gasteiger partial charge in [0, 0.05) is 17.7 Å². The minimum absolute atomic E-state index is 0.130. The largest absolute Gasteiger partial charge is 0.465 e.